The van der Waals surface area contributed by atoms with Gasteiger partial charge in [0.25, 0.3) is 0 Å². The molecule has 0 saturated carbocycles. The molecule has 0 aliphatic carbocycles. The molecule has 0 aromatic heterocycles. The maximum atomic E-state index is 11.0. The van der Waals surface area contributed by atoms with E-state index in [0.29, 0.717) is 11.1 Å². The molecule has 0 atom stereocenters. The molecule has 4 heteroatoms. The van der Waals surface area contributed by atoms with Gasteiger partial charge in [0.2, 0.25) is 0 Å². The first-order valence-corrected chi connectivity index (χ1v) is 17.8. The van der Waals surface area contributed by atoms with Gasteiger partial charge in [-0.25, -0.2) is 0 Å². The minimum atomic E-state index is 0.629. The lowest BCUT2D eigenvalue weighted by atomic mass is 10.0. The molecule has 0 spiro atoms. The molecule has 0 aliphatic rings. The Hall–Kier alpha value is -7.30. The lowest BCUT2D eigenvalue weighted by Crippen LogP contribution is -2.10. The van der Waals surface area contributed by atoms with Gasteiger partial charge in [-0.2, -0.15) is 0 Å². The average Bonchev–Trinajstić information content (AvgIpc) is 3.26. The Bertz CT molecular complexity index is 2270. The fraction of sp³-hybridized carbons (Fsp3) is 0. The van der Waals surface area contributed by atoms with Crippen LogP contribution < -0.4 is 9.80 Å². The smallest absolute Gasteiger partial charge is 0.150 e. The lowest BCUT2D eigenvalue weighted by Gasteiger charge is -2.26. The number of benzene rings is 8. The molecular weight excluding hydrogens is 661 g/mol. The maximum Gasteiger partial charge on any atom is 0.150 e. The highest BCUT2D eigenvalue weighted by molar-refractivity contribution is 5.83. The van der Waals surface area contributed by atoms with Gasteiger partial charge in [0.05, 0.1) is 0 Å². The standard InChI is InChI=1S/C26H19NO2.C24H19N/c28-18-20-6-12-24(13-7-20)27(25-14-8-21(19-29)9-15-25)26-16-10-23(11-17-26)22-4-2-1-3-5-22;1-4-10-20(11-5-1)21-16-18-24(19-17-21)25(22-12-6-2-7-13-22)23-14-8-3-9-15-23/h1-19H;1-19H. The summed E-state index contributed by atoms with van der Waals surface area (Å²) in [4.78, 5) is 26.4. The number of anilines is 6. The van der Waals surface area contributed by atoms with E-state index in [4.69, 9.17) is 0 Å². The largest absolute Gasteiger partial charge is 0.311 e. The normalized spacial score (nSPS) is 10.4. The second kappa shape index (κ2) is 17.3. The van der Waals surface area contributed by atoms with Gasteiger partial charge in [-0.3, -0.25) is 9.59 Å². The van der Waals surface area contributed by atoms with E-state index < -0.39 is 0 Å². The van der Waals surface area contributed by atoms with Crippen LogP contribution in [0.15, 0.2) is 218 Å². The van der Waals surface area contributed by atoms with E-state index in [2.05, 4.69) is 143 Å². The molecule has 0 heterocycles. The van der Waals surface area contributed by atoms with Gasteiger partial charge in [0.15, 0.2) is 0 Å². The SMILES string of the molecule is O=Cc1ccc(N(c2ccc(C=O)cc2)c2ccc(-c3ccccc3)cc2)cc1.c1ccc(-c2ccc(N(c3ccccc3)c3ccccc3)cc2)cc1. The van der Waals surface area contributed by atoms with Crippen molar-refractivity contribution in [3.63, 3.8) is 0 Å². The second-order valence-corrected chi connectivity index (χ2v) is 12.6. The molecule has 0 amide bonds. The Kier molecular flexibility index (Phi) is 11.2. The number of para-hydroxylation sites is 2. The Labute approximate surface area is 316 Å². The summed E-state index contributed by atoms with van der Waals surface area (Å²) >= 11 is 0. The Morgan fingerprint density at radius 1 is 0.241 bits per heavy atom. The van der Waals surface area contributed by atoms with Crippen LogP contribution in [0.4, 0.5) is 34.1 Å². The van der Waals surface area contributed by atoms with Gasteiger partial charge in [0, 0.05) is 45.3 Å². The molecule has 8 aromatic rings. The highest BCUT2D eigenvalue weighted by Crippen LogP contribution is 2.37. The molecule has 0 unspecified atom stereocenters. The van der Waals surface area contributed by atoms with E-state index in [9.17, 15) is 9.59 Å². The quantitative estimate of drug-likeness (QED) is 0.133. The molecule has 8 rings (SSSR count). The van der Waals surface area contributed by atoms with E-state index in [0.717, 1.165) is 57.8 Å². The topological polar surface area (TPSA) is 40.6 Å². The summed E-state index contributed by atoms with van der Waals surface area (Å²) in [5, 5.41) is 0. The summed E-state index contributed by atoms with van der Waals surface area (Å²) in [7, 11) is 0. The van der Waals surface area contributed by atoms with Gasteiger partial charge in [-0.05, 0) is 119 Å². The first kappa shape index (κ1) is 35.1. The van der Waals surface area contributed by atoms with Crippen LogP contribution in [0, 0.1) is 0 Å². The summed E-state index contributed by atoms with van der Waals surface area (Å²) in [6.07, 6.45) is 1.67. The molecule has 54 heavy (non-hydrogen) atoms. The van der Waals surface area contributed by atoms with Crippen molar-refractivity contribution in [2.24, 2.45) is 0 Å². The fourth-order valence-corrected chi connectivity index (χ4v) is 6.32. The van der Waals surface area contributed by atoms with Crippen LogP contribution in [0.1, 0.15) is 20.7 Å². The number of rotatable bonds is 10. The molecule has 4 nitrogen and oxygen atoms in total. The third-order valence-electron chi connectivity index (χ3n) is 9.07. The minimum absolute atomic E-state index is 0.629. The van der Waals surface area contributed by atoms with Crippen LogP contribution in [0.5, 0.6) is 0 Å². The Morgan fingerprint density at radius 2 is 0.463 bits per heavy atom. The van der Waals surface area contributed by atoms with Crippen LogP contribution in [0.2, 0.25) is 0 Å². The third kappa shape index (κ3) is 8.42. The van der Waals surface area contributed by atoms with Crippen molar-refractivity contribution in [3.05, 3.63) is 230 Å². The van der Waals surface area contributed by atoms with E-state index in [1.807, 2.05) is 60.7 Å². The van der Waals surface area contributed by atoms with E-state index in [1.165, 1.54) is 11.1 Å². The van der Waals surface area contributed by atoms with Crippen LogP contribution >= 0.6 is 0 Å². The zero-order chi connectivity index (χ0) is 37.0. The minimum Gasteiger partial charge on any atom is -0.311 e. The summed E-state index contributed by atoms with van der Waals surface area (Å²) in [6, 6.07) is 73.6. The van der Waals surface area contributed by atoms with Gasteiger partial charge in [-0.1, -0.05) is 121 Å². The molecule has 260 valence electrons. The summed E-state index contributed by atoms with van der Waals surface area (Å²) in [5.74, 6) is 0. The van der Waals surface area contributed by atoms with Crippen molar-refractivity contribution < 1.29 is 9.59 Å². The average molecular weight is 699 g/mol. The number of hydrogen-bond acceptors (Lipinski definition) is 4. The molecular formula is C50H38N2O2. The molecule has 8 aromatic carbocycles. The Balaban J connectivity index is 0.000000168. The van der Waals surface area contributed by atoms with Crippen LogP contribution in [-0.2, 0) is 0 Å². The molecule has 0 N–H and O–H groups in total. The highest BCUT2D eigenvalue weighted by atomic mass is 16.1. The van der Waals surface area contributed by atoms with Crippen molar-refractivity contribution in [3.8, 4) is 22.3 Å². The summed E-state index contributed by atoms with van der Waals surface area (Å²) in [6.45, 7) is 0. The number of carbonyl (C=O) groups excluding carboxylic acids is 2. The molecule has 0 fully saturated rings. The van der Waals surface area contributed by atoms with Gasteiger partial charge in [-0.15, -0.1) is 0 Å². The van der Waals surface area contributed by atoms with E-state index in [-0.39, 0.29) is 0 Å². The van der Waals surface area contributed by atoms with Crippen LogP contribution in [-0.4, -0.2) is 12.6 Å². The van der Waals surface area contributed by atoms with E-state index in [1.54, 1.807) is 24.3 Å². The number of hydrogen-bond donors (Lipinski definition) is 0. The fourth-order valence-electron chi connectivity index (χ4n) is 6.32. The first-order valence-electron chi connectivity index (χ1n) is 17.8. The zero-order valence-corrected chi connectivity index (χ0v) is 29.7. The predicted molar refractivity (Wildman–Crippen MR) is 224 cm³/mol. The zero-order valence-electron chi connectivity index (χ0n) is 29.7. The monoisotopic (exact) mass is 698 g/mol. The molecule has 0 bridgehead atoms. The van der Waals surface area contributed by atoms with Crippen LogP contribution in [0.25, 0.3) is 22.3 Å². The van der Waals surface area contributed by atoms with Crippen molar-refractivity contribution in [2.75, 3.05) is 9.80 Å². The van der Waals surface area contributed by atoms with Crippen molar-refractivity contribution in [1.82, 2.24) is 0 Å². The summed E-state index contributed by atoms with van der Waals surface area (Å²) in [5.41, 5.74) is 12.3. The van der Waals surface area contributed by atoms with Gasteiger partial charge in [0.1, 0.15) is 12.6 Å². The molecule has 0 aliphatic heterocycles. The third-order valence-corrected chi connectivity index (χ3v) is 9.07. The lowest BCUT2D eigenvalue weighted by molar-refractivity contribution is 0.111. The Morgan fingerprint density at radius 3 is 0.741 bits per heavy atom. The predicted octanol–water partition coefficient (Wildman–Crippen LogP) is 13.3. The maximum absolute atomic E-state index is 11.0. The van der Waals surface area contributed by atoms with Crippen molar-refractivity contribution >= 4 is 46.7 Å². The second-order valence-electron chi connectivity index (χ2n) is 12.6. The van der Waals surface area contributed by atoms with Crippen molar-refractivity contribution in [1.29, 1.82) is 0 Å². The summed E-state index contributed by atoms with van der Waals surface area (Å²) < 4.78 is 0. The van der Waals surface area contributed by atoms with Crippen LogP contribution in [0.3, 0.4) is 0 Å². The van der Waals surface area contributed by atoms with Gasteiger partial charge < -0.3 is 9.80 Å². The number of carbonyl (C=O) groups is 2. The molecule has 0 radical (unpaired) electrons. The van der Waals surface area contributed by atoms with Crippen molar-refractivity contribution in [2.45, 2.75) is 0 Å². The van der Waals surface area contributed by atoms with E-state index >= 15 is 0 Å². The first-order chi connectivity index (χ1) is 26.7. The highest BCUT2D eigenvalue weighted by Gasteiger charge is 2.14. The molecule has 0 saturated heterocycles. The number of nitrogens with zero attached hydrogens (tertiary/aromatic N) is 2. The number of aldehydes is 2. The van der Waals surface area contributed by atoms with Gasteiger partial charge >= 0.3 is 0 Å².